The van der Waals surface area contributed by atoms with E-state index >= 15 is 0 Å². The van der Waals surface area contributed by atoms with Crippen molar-refractivity contribution in [3.05, 3.63) is 83.4 Å². The van der Waals surface area contributed by atoms with Crippen molar-refractivity contribution < 1.29 is 14.3 Å². The van der Waals surface area contributed by atoms with E-state index in [9.17, 15) is 4.79 Å². The molecule has 0 aliphatic carbocycles. The second kappa shape index (κ2) is 9.89. The summed E-state index contributed by atoms with van der Waals surface area (Å²) in [5.41, 5.74) is 2.22. The fraction of sp³-hybridized carbons (Fsp3) is 0.125. The Balaban J connectivity index is 1.69. The molecule has 32 heavy (non-hydrogen) atoms. The fourth-order valence-corrected chi connectivity index (χ4v) is 4.23. The number of ether oxygens (including phenoxy) is 2. The number of carbonyl (C=O) groups excluding carboxylic acids is 1. The van der Waals surface area contributed by atoms with E-state index < -0.39 is 0 Å². The van der Waals surface area contributed by atoms with Crippen LogP contribution in [0.5, 0.6) is 11.5 Å². The van der Waals surface area contributed by atoms with Crippen molar-refractivity contribution >= 4 is 29.1 Å². The third-order valence-corrected chi connectivity index (χ3v) is 6.08. The molecular formula is C24H20ClN3O3S. The molecule has 0 N–H and O–H groups in total. The third kappa shape index (κ3) is 4.64. The fourth-order valence-electron chi connectivity index (χ4n) is 3.15. The van der Waals surface area contributed by atoms with Crippen LogP contribution in [0.1, 0.15) is 10.4 Å². The van der Waals surface area contributed by atoms with Crippen molar-refractivity contribution in [2.45, 2.75) is 5.16 Å². The topological polar surface area (TPSA) is 66.2 Å². The van der Waals surface area contributed by atoms with Crippen LogP contribution in [-0.4, -0.2) is 40.5 Å². The molecule has 0 bridgehead atoms. The number of aromatic nitrogens is 3. The highest BCUT2D eigenvalue weighted by molar-refractivity contribution is 7.99. The molecule has 1 aromatic heterocycles. The minimum Gasteiger partial charge on any atom is -0.497 e. The Hall–Kier alpha value is -3.29. The zero-order valence-corrected chi connectivity index (χ0v) is 19.1. The Kier molecular flexibility index (Phi) is 6.78. The molecule has 0 fully saturated rings. The lowest BCUT2D eigenvalue weighted by molar-refractivity contribution is 0.102. The molecule has 4 rings (SSSR count). The van der Waals surface area contributed by atoms with Gasteiger partial charge in [0.15, 0.2) is 16.8 Å². The van der Waals surface area contributed by atoms with Crippen molar-refractivity contribution in [1.29, 1.82) is 0 Å². The first-order valence-electron chi connectivity index (χ1n) is 9.75. The van der Waals surface area contributed by atoms with Gasteiger partial charge in [0, 0.05) is 16.8 Å². The summed E-state index contributed by atoms with van der Waals surface area (Å²) in [6.45, 7) is 0. The monoisotopic (exact) mass is 465 g/mol. The van der Waals surface area contributed by atoms with Crippen molar-refractivity contribution in [2.24, 2.45) is 0 Å². The van der Waals surface area contributed by atoms with Gasteiger partial charge < -0.3 is 9.47 Å². The number of carbonyl (C=O) groups is 1. The number of nitrogens with zero attached hydrogens (tertiary/aromatic N) is 3. The molecule has 1 heterocycles. The van der Waals surface area contributed by atoms with Gasteiger partial charge in [-0.2, -0.15) is 0 Å². The van der Waals surface area contributed by atoms with Gasteiger partial charge in [-0.25, -0.2) is 0 Å². The van der Waals surface area contributed by atoms with Crippen LogP contribution in [0, 0.1) is 0 Å². The summed E-state index contributed by atoms with van der Waals surface area (Å²) >= 11 is 7.49. The molecule has 0 radical (unpaired) electrons. The summed E-state index contributed by atoms with van der Waals surface area (Å²) in [4.78, 5) is 12.7. The molecule has 0 saturated heterocycles. The standard InChI is InChI=1S/C24H20ClN3O3S/c1-30-18-11-7-16(8-12-18)23-26-27-24(28(23)17-9-13-19(31-2)14-10-17)32-15-22(29)20-5-3-4-6-21(20)25/h3-14H,15H2,1-2H3. The first kappa shape index (κ1) is 21.9. The maximum absolute atomic E-state index is 12.7. The van der Waals surface area contributed by atoms with Crippen LogP contribution in [0.25, 0.3) is 17.1 Å². The Morgan fingerprint density at radius 3 is 2.16 bits per heavy atom. The summed E-state index contributed by atoms with van der Waals surface area (Å²) in [6.07, 6.45) is 0. The average molecular weight is 466 g/mol. The van der Waals surface area contributed by atoms with Gasteiger partial charge in [-0.05, 0) is 60.7 Å². The van der Waals surface area contributed by atoms with Crippen molar-refractivity contribution in [3.63, 3.8) is 0 Å². The van der Waals surface area contributed by atoms with E-state index in [4.69, 9.17) is 21.1 Å². The van der Waals surface area contributed by atoms with Gasteiger partial charge in [-0.15, -0.1) is 10.2 Å². The number of hydrogen-bond donors (Lipinski definition) is 0. The molecular weight excluding hydrogens is 446 g/mol. The number of halogens is 1. The summed E-state index contributed by atoms with van der Waals surface area (Å²) in [7, 11) is 3.25. The largest absolute Gasteiger partial charge is 0.497 e. The molecule has 6 nitrogen and oxygen atoms in total. The van der Waals surface area contributed by atoms with E-state index in [1.54, 1.807) is 38.5 Å². The van der Waals surface area contributed by atoms with Gasteiger partial charge in [-0.1, -0.05) is 35.5 Å². The zero-order valence-electron chi connectivity index (χ0n) is 17.5. The quantitative estimate of drug-likeness (QED) is 0.250. The van der Waals surface area contributed by atoms with E-state index in [-0.39, 0.29) is 11.5 Å². The van der Waals surface area contributed by atoms with Gasteiger partial charge in [0.1, 0.15) is 11.5 Å². The Morgan fingerprint density at radius 1 is 0.906 bits per heavy atom. The maximum atomic E-state index is 12.7. The van der Waals surface area contributed by atoms with E-state index in [0.717, 1.165) is 22.7 Å². The van der Waals surface area contributed by atoms with Crippen molar-refractivity contribution in [1.82, 2.24) is 14.8 Å². The van der Waals surface area contributed by atoms with Crippen LogP contribution >= 0.6 is 23.4 Å². The predicted octanol–water partition coefficient (Wildman–Crippen LogP) is 5.58. The lowest BCUT2D eigenvalue weighted by Gasteiger charge is -2.11. The molecule has 8 heteroatoms. The number of Topliss-reactive ketones (excluding diaryl/α,β-unsaturated/α-hetero) is 1. The SMILES string of the molecule is COc1ccc(-c2nnc(SCC(=O)c3ccccc3Cl)n2-c2ccc(OC)cc2)cc1. The van der Waals surface area contributed by atoms with Gasteiger partial charge >= 0.3 is 0 Å². The van der Waals surface area contributed by atoms with Crippen LogP contribution in [0.4, 0.5) is 0 Å². The normalized spacial score (nSPS) is 10.7. The number of ketones is 1. The summed E-state index contributed by atoms with van der Waals surface area (Å²) in [6, 6.07) is 22.2. The van der Waals surface area contributed by atoms with Crippen LogP contribution in [0.3, 0.4) is 0 Å². The molecule has 0 atom stereocenters. The number of benzene rings is 3. The van der Waals surface area contributed by atoms with E-state index in [1.807, 2.05) is 53.1 Å². The summed E-state index contributed by atoms with van der Waals surface area (Å²) in [5, 5.41) is 9.82. The molecule has 4 aromatic rings. The first-order chi connectivity index (χ1) is 15.6. The molecule has 0 amide bonds. The van der Waals surface area contributed by atoms with Crippen LogP contribution in [0.2, 0.25) is 5.02 Å². The van der Waals surface area contributed by atoms with Crippen LogP contribution in [-0.2, 0) is 0 Å². The van der Waals surface area contributed by atoms with Gasteiger partial charge in [-0.3, -0.25) is 9.36 Å². The first-order valence-corrected chi connectivity index (χ1v) is 11.1. The number of methoxy groups -OCH3 is 2. The third-order valence-electron chi connectivity index (χ3n) is 4.82. The Labute approximate surface area is 195 Å². The van der Waals surface area contributed by atoms with E-state index in [0.29, 0.717) is 21.6 Å². The highest BCUT2D eigenvalue weighted by Gasteiger charge is 2.19. The second-order valence-corrected chi connectivity index (χ2v) is 8.11. The van der Waals surface area contributed by atoms with Gasteiger partial charge in [0.25, 0.3) is 0 Å². The van der Waals surface area contributed by atoms with Gasteiger partial charge in [0.2, 0.25) is 0 Å². The molecule has 0 aliphatic heterocycles. The van der Waals surface area contributed by atoms with Crippen molar-refractivity contribution in [3.8, 4) is 28.6 Å². The second-order valence-electron chi connectivity index (χ2n) is 6.76. The highest BCUT2D eigenvalue weighted by Crippen LogP contribution is 2.30. The average Bonchev–Trinajstić information content (AvgIpc) is 3.27. The minimum atomic E-state index is -0.0733. The molecule has 0 unspecified atom stereocenters. The lowest BCUT2D eigenvalue weighted by atomic mass is 10.1. The lowest BCUT2D eigenvalue weighted by Crippen LogP contribution is -2.05. The Morgan fingerprint density at radius 2 is 1.53 bits per heavy atom. The number of rotatable bonds is 8. The highest BCUT2D eigenvalue weighted by atomic mass is 35.5. The van der Waals surface area contributed by atoms with Crippen LogP contribution in [0.15, 0.2) is 78.0 Å². The van der Waals surface area contributed by atoms with Crippen molar-refractivity contribution in [2.75, 3.05) is 20.0 Å². The van der Waals surface area contributed by atoms with E-state index in [2.05, 4.69) is 10.2 Å². The number of thioether (sulfide) groups is 1. The van der Waals surface area contributed by atoms with Crippen LogP contribution < -0.4 is 9.47 Å². The zero-order chi connectivity index (χ0) is 22.5. The maximum Gasteiger partial charge on any atom is 0.196 e. The molecule has 3 aromatic carbocycles. The van der Waals surface area contributed by atoms with E-state index in [1.165, 1.54) is 11.8 Å². The minimum absolute atomic E-state index is 0.0733. The predicted molar refractivity (Wildman–Crippen MR) is 126 cm³/mol. The molecule has 0 saturated carbocycles. The summed E-state index contributed by atoms with van der Waals surface area (Å²) in [5.74, 6) is 2.27. The molecule has 0 aliphatic rings. The molecule has 0 spiro atoms. The summed E-state index contributed by atoms with van der Waals surface area (Å²) < 4.78 is 12.5. The van der Waals surface area contributed by atoms with Gasteiger partial charge in [0.05, 0.1) is 25.0 Å². The molecule has 162 valence electrons. The number of hydrogen-bond acceptors (Lipinski definition) is 6. The Bertz CT molecular complexity index is 1220. The smallest absolute Gasteiger partial charge is 0.196 e.